The summed E-state index contributed by atoms with van der Waals surface area (Å²) in [6.45, 7) is 6.85. The predicted octanol–water partition coefficient (Wildman–Crippen LogP) is 5.23. The third-order valence-corrected chi connectivity index (χ3v) is 6.75. The van der Waals surface area contributed by atoms with Crippen molar-refractivity contribution >= 4 is 34.4 Å². The first-order valence-corrected chi connectivity index (χ1v) is 12.6. The molecule has 9 heteroatoms. The topological polar surface area (TPSA) is 105 Å². The molecule has 0 spiro atoms. The Bertz CT molecular complexity index is 1260. The van der Waals surface area contributed by atoms with Crippen LogP contribution in [0.1, 0.15) is 36.6 Å². The van der Waals surface area contributed by atoms with Crippen molar-refractivity contribution in [3.63, 3.8) is 0 Å². The smallest absolute Gasteiger partial charge is 0.227 e. The molecule has 36 heavy (non-hydrogen) atoms. The van der Waals surface area contributed by atoms with Crippen LogP contribution < -0.4 is 15.5 Å². The molecule has 0 amide bonds. The molecule has 0 radical (unpaired) electrons. The van der Waals surface area contributed by atoms with E-state index in [-0.39, 0.29) is 0 Å². The highest BCUT2D eigenvalue weighted by molar-refractivity contribution is 5.84. The number of nitrogens with one attached hydrogen (secondary N) is 3. The van der Waals surface area contributed by atoms with E-state index >= 15 is 0 Å². The van der Waals surface area contributed by atoms with Crippen molar-refractivity contribution in [1.82, 2.24) is 19.9 Å². The molecule has 0 bridgehead atoms. The van der Waals surface area contributed by atoms with Crippen LogP contribution in [0, 0.1) is 5.53 Å². The van der Waals surface area contributed by atoms with E-state index in [2.05, 4.69) is 60.8 Å². The van der Waals surface area contributed by atoms with Gasteiger partial charge in [0.1, 0.15) is 11.5 Å². The molecule has 0 saturated carbocycles. The van der Waals surface area contributed by atoms with Gasteiger partial charge in [-0.2, -0.15) is 5.11 Å². The molecule has 186 valence electrons. The highest BCUT2D eigenvalue weighted by Crippen LogP contribution is 2.35. The summed E-state index contributed by atoms with van der Waals surface area (Å²) in [7, 11) is 2.16. The number of pyridine rings is 1. The summed E-state index contributed by atoms with van der Waals surface area (Å²) >= 11 is 0. The van der Waals surface area contributed by atoms with Crippen molar-refractivity contribution in [2.45, 2.75) is 26.2 Å². The fraction of sp³-hybridized carbons (Fsp3) is 0.370. The first kappa shape index (κ1) is 23.9. The summed E-state index contributed by atoms with van der Waals surface area (Å²) in [4.78, 5) is 18.8. The minimum absolute atomic E-state index is 0.599. The van der Waals surface area contributed by atoms with E-state index in [1.165, 1.54) is 0 Å². The summed E-state index contributed by atoms with van der Waals surface area (Å²) in [6, 6.07) is 10.0. The number of hydrogen-bond acceptors (Lipinski definition) is 9. The number of piperazine rings is 1. The Labute approximate surface area is 212 Å². The van der Waals surface area contributed by atoms with E-state index in [1.54, 1.807) is 0 Å². The van der Waals surface area contributed by atoms with E-state index in [0.29, 0.717) is 11.6 Å². The fourth-order valence-electron chi connectivity index (χ4n) is 4.76. The van der Waals surface area contributed by atoms with Gasteiger partial charge in [-0.3, -0.25) is 0 Å². The standard InChI is InChI=1S/C27H33N9/c1-3-29-25-16-19(8-9-24(25)34-28)21-6-4-5-7-23-22(21)18-31-27(33-23)32-20-10-11-30-26(17-20)36-14-12-35(2)13-15-36/h6,8-11,16-18,28-29H,3-5,7,12-15H2,1-2H3,(H,30,31,32,33). The monoisotopic (exact) mass is 483 g/mol. The highest BCUT2D eigenvalue weighted by atomic mass is 15.3. The van der Waals surface area contributed by atoms with Gasteiger partial charge in [-0.25, -0.2) is 20.5 Å². The molecule has 0 atom stereocenters. The van der Waals surface area contributed by atoms with Crippen LogP contribution in [0.3, 0.4) is 0 Å². The van der Waals surface area contributed by atoms with Crippen LogP contribution in [0.25, 0.3) is 5.57 Å². The largest absolute Gasteiger partial charge is 0.384 e. The molecule has 3 N–H and O–H groups in total. The van der Waals surface area contributed by atoms with Gasteiger partial charge in [-0.15, -0.1) is 0 Å². The van der Waals surface area contributed by atoms with Crippen LogP contribution in [-0.4, -0.2) is 59.6 Å². The average Bonchev–Trinajstić information content (AvgIpc) is 3.11. The van der Waals surface area contributed by atoms with Crippen molar-refractivity contribution < 1.29 is 0 Å². The van der Waals surface area contributed by atoms with Gasteiger partial charge in [0.15, 0.2) is 0 Å². The second-order valence-corrected chi connectivity index (χ2v) is 9.26. The third kappa shape index (κ3) is 5.21. The number of benzene rings is 1. The lowest BCUT2D eigenvalue weighted by Crippen LogP contribution is -2.44. The van der Waals surface area contributed by atoms with Gasteiger partial charge in [0, 0.05) is 62.4 Å². The van der Waals surface area contributed by atoms with Crippen molar-refractivity contribution in [3.05, 3.63) is 65.6 Å². The van der Waals surface area contributed by atoms with Crippen LogP contribution >= 0.6 is 0 Å². The molecule has 1 aliphatic carbocycles. The Morgan fingerprint density at radius 1 is 1.08 bits per heavy atom. The van der Waals surface area contributed by atoms with Gasteiger partial charge in [0.2, 0.25) is 5.95 Å². The number of nitrogens with zero attached hydrogens (tertiary/aromatic N) is 6. The Morgan fingerprint density at radius 2 is 1.94 bits per heavy atom. The van der Waals surface area contributed by atoms with Crippen molar-refractivity contribution in [2.75, 3.05) is 55.3 Å². The molecule has 0 unspecified atom stereocenters. The maximum Gasteiger partial charge on any atom is 0.227 e. The lowest BCUT2D eigenvalue weighted by Gasteiger charge is -2.33. The number of aromatic nitrogens is 3. The van der Waals surface area contributed by atoms with Gasteiger partial charge < -0.3 is 20.4 Å². The number of aryl methyl sites for hydroxylation is 1. The number of hydrogen-bond donors (Lipinski definition) is 3. The molecule has 2 aliphatic rings. The van der Waals surface area contributed by atoms with Crippen molar-refractivity contribution in [2.24, 2.45) is 5.11 Å². The summed E-state index contributed by atoms with van der Waals surface area (Å²) in [5.41, 5.74) is 14.2. The van der Waals surface area contributed by atoms with E-state index in [9.17, 15) is 0 Å². The highest BCUT2D eigenvalue weighted by Gasteiger charge is 2.18. The molecule has 5 rings (SSSR count). The summed E-state index contributed by atoms with van der Waals surface area (Å²) < 4.78 is 0. The Kier molecular flexibility index (Phi) is 7.18. The first-order valence-electron chi connectivity index (χ1n) is 12.6. The van der Waals surface area contributed by atoms with Crippen LogP contribution in [0.15, 0.2) is 53.9 Å². The molecular weight excluding hydrogens is 450 g/mol. The minimum Gasteiger partial charge on any atom is -0.384 e. The molecule has 2 aromatic heterocycles. The summed E-state index contributed by atoms with van der Waals surface area (Å²) in [5.74, 6) is 1.58. The number of rotatable bonds is 7. The van der Waals surface area contributed by atoms with Crippen LogP contribution in [0.5, 0.6) is 0 Å². The zero-order chi connectivity index (χ0) is 24.9. The summed E-state index contributed by atoms with van der Waals surface area (Å²) in [6.07, 6.45) is 8.96. The van der Waals surface area contributed by atoms with Gasteiger partial charge >= 0.3 is 0 Å². The van der Waals surface area contributed by atoms with Gasteiger partial charge in [0.05, 0.1) is 11.4 Å². The fourth-order valence-corrected chi connectivity index (χ4v) is 4.76. The second-order valence-electron chi connectivity index (χ2n) is 9.26. The maximum atomic E-state index is 7.46. The first-order chi connectivity index (χ1) is 17.6. The lowest BCUT2D eigenvalue weighted by molar-refractivity contribution is 0.312. The van der Waals surface area contributed by atoms with E-state index in [0.717, 1.165) is 91.6 Å². The predicted molar refractivity (Wildman–Crippen MR) is 145 cm³/mol. The van der Waals surface area contributed by atoms with Gasteiger partial charge in [-0.1, -0.05) is 12.1 Å². The molecule has 9 nitrogen and oxygen atoms in total. The van der Waals surface area contributed by atoms with E-state index in [1.807, 2.05) is 37.5 Å². The normalized spacial score (nSPS) is 16.1. The quantitative estimate of drug-likeness (QED) is 0.395. The molecule has 1 saturated heterocycles. The number of fused-ring (bicyclic) bond motifs is 1. The van der Waals surface area contributed by atoms with E-state index < -0.39 is 0 Å². The maximum absolute atomic E-state index is 7.46. The van der Waals surface area contributed by atoms with Crippen LogP contribution in [0.2, 0.25) is 0 Å². The SMILES string of the molecule is CCNc1cc(C2=CCCCc3nc(Nc4ccnc(N5CCN(C)CC5)c4)ncc32)ccc1N=N. The van der Waals surface area contributed by atoms with Gasteiger partial charge in [0.25, 0.3) is 0 Å². The number of allylic oxidation sites excluding steroid dienone is 1. The molecular formula is C27H33N9. The minimum atomic E-state index is 0.599. The zero-order valence-corrected chi connectivity index (χ0v) is 21.0. The molecule has 3 aromatic rings. The van der Waals surface area contributed by atoms with Crippen LogP contribution in [0.4, 0.5) is 28.8 Å². The Morgan fingerprint density at radius 3 is 2.75 bits per heavy atom. The number of anilines is 4. The molecule has 3 heterocycles. The van der Waals surface area contributed by atoms with Crippen molar-refractivity contribution in [3.8, 4) is 0 Å². The molecule has 1 aliphatic heterocycles. The van der Waals surface area contributed by atoms with Crippen LogP contribution in [-0.2, 0) is 6.42 Å². The molecule has 1 fully saturated rings. The van der Waals surface area contributed by atoms with Gasteiger partial charge in [-0.05, 0) is 62.6 Å². The van der Waals surface area contributed by atoms with Crippen molar-refractivity contribution in [1.29, 1.82) is 5.53 Å². The third-order valence-electron chi connectivity index (χ3n) is 6.75. The Hall–Kier alpha value is -3.85. The number of likely N-dealkylation sites (N-methyl/N-ethyl adjacent to an activating group) is 1. The zero-order valence-electron chi connectivity index (χ0n) is 21.0. The second kappa shape index (κ2) is 10.8. The summed E-state index contributed by atoms with van der Waals surface area (Å²) in [5, 5.41) is 10.4. The Balaban J connectivity index is 1.39. The molecule has 1 aromatic carbocycles. The van der Waals surface area contributed by atoms with E-state index in [4.69, 9.17) is 10.5 Å². The lowest BCUT2D eigenvalue weighted by atomic mass is 9.97. The average molecular weight is 484 g/mol.